The number of carboxylic acids is 1. The minimum absolute atomic E-state index is 0.0628. The first-order valence-electron chi connectivity index (χ1n) is 7.22. The lowest BCUT2D eigenvalue weighted by Crippen LogP contribution is -2.45. The van der Waals surface area contributed by atoms with E-state index in [4.69, 9.17) is 5.11 Å². The molecule has 1 saturated heterocycles. The number of aliphatic carboxylic acids is 1. The number of carbonyl (C=O) groups excluding carboxylic acids is 1. The van der Waals surface area contributed by atoms with Gasteiger partial charge < -0.3 is 15.3 Å². The summed E-state index contributed by atoms with van der Waals surface area (Å²) in [5.41, 5.74) is 0.737. The molecule has 0 aromatic heterocycles. The van der Waals surface area contributed by atoms with Crippen LogP contribution >= 0.6 is 0 Å². The molecule has 6 heteroatoms. The van der Waals surface area contributed by atoms with Crippen molar-refractivity contribution in [3.8, 4) is 0 Å². The molecule has 0 unspecified atom stereocenters. The van der Waals surface area contributed by atoms with Crippen molar-refractivity contribution in [2.75, 3.05) is 37.6 Å². The van der Waals surface area contributed by atoms with Gasteiger partial charge in [0.1, 0.15) is 0 Å². The van der Waals surface area contributed by atoms with Gasteiger partial charge in [-0.25, -0.2) is 4.79 Å². The van der Waals surface area contributed by atoms with E-state index in [2.05, 4.69) is 5.32 Å². The Balaban J connectivity index is 2.13. The zero-order valence-corrected chi connectivity index (χ0v) is 12.0. The van der Waals surface area contributed by atoms with Crippen molar-refractivity contribution in [3.05, 3.63) is 30.3 Å². The van der Waals surface area contributed by atoms with Crippen LogP contribution in [-0.4, -0.2) is 54.7 Å². The number of rotatable bonds is 4. The second-order valence-corrected chi connectivity index (χ2v) is 5.00. The molecule has 1 aliphatic heterocycles. The van der Waals surface area contributed by atoms with E-state index in [1.54, 1.807) is 9.80 Å². The summed E-state index contributed by atoms with van der Waals surface area (Å²) in [4.78, 5) is 26.9. The third-order valence-corrected chi connectivity index (χ3v) is 3.46. The van der Waals surface area contributed by atoms with Crippen molar-refractivity contribution in [1.29, 1.82) is 0 Å². The van der Waals surface area contributed by atoms with Gasteiger partial charge in [0, 0.05) is 31.9 Å². The van der Waals surface area contributed by atoms with Gasteiger partial charge in [0.25, 0.3) is 0 Å². The van der Waals surface area contributed by atoms with Gasteiger partial charge in [0.15, 0.2) is 0 Å². The number of carbonyl (C=O) groups is 2. The van der Waals surface area contributed by atoms with E-state index in [1.807, 2.05) is 30.3 Å². The zero-order valence-electron chi connectivity index (χ0n) is 12.0. The first kappa shape index (κ1) is 15.3. The molecule has 0 radical (unpaired) electrons. The number of hydrogen-bond acceptors (Lipinski definition) is 3. The maximum absolute atomic E-state index is 12.7. The van der Waals surface area contributed by atoms with Crippen LogP contribution in [0.4, 0.5) is 10.5 Å². The monoisotopic (exact) mass is 291 g/mol. The van der Waals surface area contributed by atoms with Crippen LogP contribution in [0.25, 0.3) is 0 Å². The molecule has 2 N–H and O–H groups in total. The molecule has 0 spiro atoms. The van der Waals surface area contributed by atoms with Crippen LogP contribution in [0.5, 0.6) is 0 Å². The fourth-order valence-corrected chi connectivity index (χ4v) is 2.36. The third-order valence-electron chi connectivity index (χ3n) is 3.46. The molecule has 1 fully saturated rings. The SMILES string of the molecule is O=C(O)CCN(C(=O)N1CCCNCC1)c1ccccc1. The van der Waals surface area contributed by atoms with E-state index >= 15 is 0 Å². The van der Waals surface area contributed by atoms with Crippen molar-refractivity contribution >= 4 is 17.7 Å². The van der Waals surface area contributed by atoms with Crippen molar-refractivity contribution in [1.82, 2.24) is 10.2 Å². The van der Waals surface area contributed by atoms with Crippen LogP contribution < -0.4 is 10.2 Å². The molecule has 6 nitrogen and oxygen atoms in total. The number of hydrogen-bond donors (Lipinski definition) is 2. The van der Waals surface area contributed by atoms with Gasteiger partial charge in [-0.3, -0.25) is 9.69 Å². The highest BCUT2D eigenvalue weighted by atomic mass is 16.4. The lowest BCUT2D eigenvalue weighted by Gasteiger charge is -2.29. The van der Waals surface area contributed by atoms with E-state index in [0.717, 1.165) is 25.2 Å². The molecular formula is C15H21N3O3. The predicted octanol–water partition coefficient (Wildman–Crippen LogP) is 1.38. The second kappa shape index (κ2) is 7.64. The quantitative estimate of drug-likeness (QED) is 0.879. The lowest BCUT2D eigenvalue weighted by atomic mass is 10.2. The average molecular weight is 291 g/mol. The van der Waals surface area contributed by atoms with Crippen molar-refractivity contribution in [2.24, 2.45) is 0 Å². The maximum atomic E-state index is 12.7. The lowest BCUT2D eigenvalue weighted by molar-refractivity contribution is -0.136. The van der Waals surface area contributed by atoms with Crippen molar-refractivity contribution in [3.63, 3.8) is 0 Å². The van der Waals surface area contributed by atoms with Crippen LogP contribution in [0.3, 0.4) is 0 Å². The number of carboxylic acid groups (broad SMARTS) is 1. The Morgan fingerprint density at radius 1 is 1.19 bits per heavy atom. The van der Waals surface area contributed by atoms with Gasteiger partial charge in [-0.1, -0.05) is 18.2 Å². The van der Waals surface area contributed by atoms with Crippen LogP contribution in [-0.2, 0) is 4.79 Å². The average Bonchev–Trinajstić information content (AvgIpc) is 2.77. The van der Waals surface area contributed by atoms with Crippen LogP contribution in [0, 0.1) is 0 Å². The van der Waals surface area contributed by atoms with Crippen LogP contribution in [0.2, 0.25) is 0 Å². The summed E-state index contributed by atoms with van der Waals surface area (Å²) in [5, 5.41) is 12.1. The Labute approximate surface area is 124 Å². The van der Waals surface area contributed by atoms with E-state index in [9.17, 15) is 9.59 Å². The van der Waals surface area contributed by atoms with Gasteiger partial charge in [-0.15, -0.1) is 0 Å². The molecule has 114 valence electrons. The van der Waals surface area contributed by atoms with Crippen molar-refractivity contribution in [2.45, 2.75) is 12.8 Å². The number of anilines is 1. The molecule has 0 bridgehead atoms. The normalized spacial score (nSPS) is 15.3. The molecule has 1 heterocycles. The molecule has 1 aromatic rings. The van der Waals surface area contributed by atoms with Gasteiger partial charge >= 0.3 is 12.0 Å². The molecular weight excluding hydrogens is 270 g/mol. The molecule has 0 saturated carbocycles. The minimum Gasteiger partial charge on any atom is -0.481 e. The standard InChI is InChI=1S/C15H21N3O3/c19-14(20)7-11-18(13-5-2-1-3-6-13)15(21)17-10-4-8-16-9-12-17/h1-3,5-6,16H,4,7-12H2,(H,19,20). The fraction of sp³-hybridized carbons (Fsp3) is 0.467. The summed E-state index contributed by atoms with van der Waals surface area (Å²) in [6.45, 7) is 3.21. The van der Waals surface area contributed by atoms with E-state index in [-0.39, 0.29) is 19.0 Å². The van der Waals surface area contributed by atoms with Crippen LogP contribution in [0.1, 0.15) is 12.8 Å². The summed E-state index contributed by atoms with van der Waals surface area (Å²) < 4.78 is 0. The number of para-hydroxylation sites is 1. The summed E-state index contributed by atoms with van der Waals surface area (Å²) in [7, 11) is 0. The van der Waals surface area contributed by atoms with Gasteiger partial charge in [-0.2, -0.15) is 0 Å². The molecule has 2 rings (SSSR count). The van der Waals surface area contributed by atoms with E-state index < -0.39 is 5.97 Å². The Morgan fingerprint density at radius 3 is 2.67 bits per heavy atom. The van der Waals surface area contributed by atoms with Crippen LogP contribution in [0.15, 0.2) is 30.3 Å². The Bertz CT molecular complexity index is 470. The Kier molecular flexibility index (Phi) is 5.57. The number of nitrogens with one attached hydrogen (secondary N) is 1. The van der Waals surface area contributed by atoms with Gasteiger partial charge in [0.2, 0.25) is 0 Å². The van der Waals surface area contributed by atoms with Gasteiger partial charge in [0.05, 0.1) is 6.42 Å². The smallest absolute Gasteiger partial charge is 0.324 e. The topological polar surface area (TPSA) is 72.9 Å². The highest BCUT2D eigenvalue weighted by Crippen LogP contribution is 2.16. The highest BCUT2D eigenvalue weighted by molar-refractivity contribution is 5.92. The summed E-state index contributed by atoms with van der Waals surface area (Å²) in [6, 6.07) is 9.11. The Morgan fingerprint density at radius 2 is 1.95 bits per heavy atom. The summed E-state index contributed by atoms with van der Waals surface area (Å²) >= 11 is 0. The largest absolute Gasteiger partial charge is 0.481 e. The zero-order chi connectivity index (χ0) is 15.1. The number of nitrogens with zero attached hydrogens (tertiary/aromatic N) is 2. The molecule has 2 amide bonds. The fourth-order valence-electron chi connectivity index (χ4n) is 2.36. The first-order valence-corrected chi connectivity index (χ1v) is 7.22. The second-order valence-electron chi connectivity index (χ2n) is 5.00. The first-order chi connectivity index (χ1) is 10.2. The number of urea groups is 1. The Hall–Kier alpha value is -2.08. The number of amides is 2. The molecule has 1 aliphatic rings. The highest BCUT2D eigenvalue weighted by Gasteiger charge is 2.23. The molecule has 0 aliphatic carbocycles. The minimum atomic E-state index is -0.902. The van der Waals surface area contributed by atoms with Crippen molar-refractivity contribution < 1.29 is 14.7 Å². The number of benzene rings is 1. The van der Waals surface area contributed by atoms with E-state index in [1.165, 1.54) is 0 Å². The maximum Gasteiger partial charge on any atom is 0.324 e. The molecule has 21 heavy (non-hydrogen) atoms. The molecule has 1 aromatic carbocycles. The summed E-state index contributed by atoms with van der Waals surface area (Å²) in [5.74, 6) is -0.902. The van der Waals surface area contributed by atoms with E-state index in [0.29, 0.717) is 13.1 Å². The third kappa shape index (κ3) is 4.46. The summed E-state index contributed by atoms with van der Waals surface area (Å²) in [6.07, 6.45) is 0.847. The molecule has 0 atom stereocenters. The van der Waals surface area contributed by atoms with Gasteiger partial charge in [-0.05, 0) is 25.1 Å². The predicted molar refractivity (Wildman–Crippen MR) is 80.5 cm³/mol.